The van der Waals surface area contributed by atoms with Crippen LogP contribution in [0.1, 0.15) is 16.2 Å². The van der Waals surface area contributed by atoms with E-state index in [1.807, 2.05) is 0 Å². The number of hydrogen-bond acceptors (Lipinski definition) is 4. The monoisotopic (exact) mass is 301 g/mol. The Kier molecular flexibility index (Phi) is 4.24. The Hall–Kier alpha value is -1.79. The first-order valence-electron chi connectivity index (χ1n) is 5.34. The Morgan fingerprint density at radius 1 is 1.37 bits per heavy atom. The first-order chi connectivity index (χ1) is 9.06. The Balaban J connectivity index is 1.90. The van der Waals surface area contributed by atoms with Gasteiger partial charge >= 0.3 is 5.76 Å². The van der Waals surface area contributed by atoms with Crippen LogP contribution in [0.15, 0.2) is 27.5 Å². The smallest absolute Gasteiger partial charge is 0.352 e. The molecule has 0 saturated carbocycles. The fourth-order valence-corrected chi connectivity index (χ4v) is 1.70. The summed E-state index contributed by atoms with van der Waals surface area (Å²) in [6, 6.07) is 4.60. The normalized spacial score (nSPS) is 10.4. The number of benzene rings is 1. The lowest BCUT2D eigenvalue weighted by molar-refractivity contribution is 0.0954. The largest absolute Gasteiger partial charge is 0.438 e. The maximum Gasteiger partial charge on any atom is 0.438 e. The van der Waals surface area contributed by atoms with Gasteiger partial charge in [-0.15, -0.1) is 0 Å². The lowest BCUT2D eigenvalue weighted by Gasteiger charge is -2.04. The second-order valence-electron chi connectivity index (χ2n) is 3.68. The van der Waals surface area contributed by atoms with Crippen molar-refractivity contribution in [2.24, 2.45) is 0 Å². The lowest BCUT2D eigenvalue weighted by Crippen LogP contribution is -2.26. The summed E-state index contributed by atoms with van der Waals surface area (Å²) < 4.78 is 4.33. The molecule has 0 atom stereocenters. The molecule has 1 heterocycles. The summed E-state index contributed by atoms with van der Waals surface area (Å²) in [5.74, 6) is -0.533. The number of nitrogens with zero attached hydrogens (tertiary/aromatic N) is 1. The third kappa shape index (κ3) is 3.59. The van der Waals surface area contributed by atoms with Gasteiger partial charge in [-0.1, -0.05) is 28.4 Å². The van der Waals surface area contributed by atoms with Gasteiger partial charge in [0.2, 0.25) is 0 Å². The van der Waals surface area contributed by atoms with E-state index in [2.05, 4.69) is 20.0 Å². The Morgan fingerprint density at radius 2 is 2.16 bits per heavy atom. The zero-order valence-electron chi connectivity index (χ0n) is 9.57. The molecule has 2 N–H and O–H groups in total. The van der Waals surface area contributed by atoms with Crippen LogP contribution in [0.4, 0.5) is 0 Å². The molecule has 1 aromatic heterocycles. The summed E-state index contributed by atoms with van der Waals surface area (Å²) in [5, 5.41) is 6.84. The van der Waals surface area contributed by atoms with Gasteiger partial charge in [0.05, 0.1) is 10.0 Å². The maximum absolute atomic E-state index is 11.8. The molecule has 2 aromatic rings. The standard InChI is InChI=1S/C11H9Cl2N3O3/c12-7-2-1-6(5-8(7)13)10(17)14-4-3-9-15-11(18)19-16-9/h1-2,5H,3-4H2,(H,14,17)(H,15,16,18). The molecule has 0 aliphatic carbocycles. The quantitative estimate of drug-likeness (QED) is 0.898. The number of carbonyl (C=O) groups is 1. The van der Waals surface area contributed by atoms with E-state index < -0.39 is 5.76 Å². The molecule has 0 unspecified atom stereocenters. The highest BCUT2D eigenvalue weighted by Gasteiger charge is 2.08. The summed E-state index contributed by atoms with van der Waals surface area (Å²) in [7, 11) is 0. The third-order valence-corrected chi connectivity index (χ3v) is 3.05. The summed E-state index contributed by atoms with van der Waals surface area (Å²) in [4.78, 5) is 24.8. The SMILES string of the molecule is O=C(NCCc1noc(=O)[nH]1)c1ccc(Cl)c(Cl)c1. The van der Waals surface area contributed by atoms with Gasteiger partial charge in [-0.05, 0) is 18.2 Å². The van der Waals surface area contributed by atoms with Gasteiger partial charge in [-0.25, -0.2) is 4.79 Å². The molecule has 0 spiro atoms. The van der Waals surface area contributed by atoms with Gasteiger partial charge < -0.3 is 5.32 Å². The zero-order chi connectivity index (χ0) is 13.8. The van der Waals surface area contributed by atoms with Crippen LogP contribution in [0, 0.1) is 0 Å². The number of hydrogen-bond donors (Lipinski definition) is 2. The van der Waals surface area contributed by atoms with E-state index in [4.69, 9.17) is 23.2 Å². The van der Waals surface area contributed by atoms with E-state index in [1.54, 1.807) is 12.1 Å². The minimum atomic E-state index is -0.620. The number of aromatic amines is 1. The molecule has 8 heteroatoms. The van der Waals surface area contributed by atoms with Crippen LogP contribution < -0.4 is 11.1 Å². The van der Waals surface area contributed by atoms with E-state index in [1.165, 1.54) is 6.07 Å². The number of aromatic nitrogens is 2. The number of rotatable bonds is 4. The number of carbonyl (C=O) groups excluding carboxylic acids is 1. The summed E-state index contributed by atoms with van der Waals surface area (Å²) in [5.41, 5.74) is 0.406. The van der Waals surface area contributed by atoms with Crippen molar-refractivity contribution in [3.8, 4) is 0 Å². The van der Waals surface area contributed by atoms with Crippen LogP contribution in [0.2, 0.25) is 10.0 Å². The molecule has 100 valence electrons. The number of halogens is 2. The molecule has 19 heavy (non-hydrogen) atoms. The van der Waals surface area contributed by atoms with Crippen molar-refractivity contribution in [3.63, 3.8) is 0 Å². The van der Waals surface area contributed by atoms with Crippen molar-refractivity contribution in [1.82, 2.24) is 15.5 Å². The fourth-order valence-electron chi connectivity index (χ4n) is 1.40. The third-order valence-electron chi connectivity index (χ3n) is 2.31. The van der Waals surface area contributed by atoms with E-state index in [0.717, 1.165) is 0 Å². The molecule has 0 fully saturated rings. The van der Waals surface area contributed by atoms with E-state index >= 15 is 0 Å². The first-order valence-corrected chi connectivity index (χ1v) is 6.10. The Bertz CT molecular complexity index is 651. The molecule has 2 rings (SSSR count). The van der Waals surface area contributed by atoms with Gasteiger partial charge in [-0.2, -0.15) is 0 Å². The fraction of sp³-hybridized carbons (Fsp3) is 0.182. The van der Waals surface area contributed by atoms with E-state index in [9.17, 15) is 9.59 Å². The van der Waals surface area contributed by atoms with Crippen LogP contribution in [0.3, 0.4) is 0 Å². The summed E-state index contributed by atoms with van der Waals surface area (Å²) >= 11 is 11.6. The van der Waals surface area contributed by atoms with Crippen LogP contribution in [-0.4, -0.2) is 22.6 Å². The highest BCUT2D eigenvalue weighted by Crippen LogP contribution is 2.22. The van der Waals surface area contributed by atoms with Gasteiger partial charge in [0.15, 0.2) is 5.82 Å². The van der Waals surface area contributed by atoms with Crippen molar-refractivity contribution >= 4 is 29.1 Å². The maximum atomic E-state index is 11.8. The first kappa shape index (κ1) is 13.6. The lowest BCUT2D eigenvalue weighted by atomic mass is 10.2. The topological polar surface area (TPSA) is 88.0 Å². The molecular weight excluding hydrogens is 293 g/mol. The Morgan fingerprint density at radius 3 is 2.79 bits per heavy atom. The van der Waals surface area contributed by atoms with E-state index in [0.29, 0.717) is 34.4 Å². The molecule has 0 aliphatic heterocycles. The highest BCUT2D eigenvalue weighted by atomic mass is 35.5. The van der Waals surface area contributed by atoms with Crippen LogP contribution in [-0.2, 0) is 6.42 Å². The highest BCUT2D eigenvalue weighted by molar-refractivity contribution is 6.42. The minimum Gasteiger partial charge on any atom is -0.352 e. The molecular formula is C11H9Cl2N3O3. The van der Waals surface area contributed by atoms with Crippen molar-refractivity contribution in [2.75, 3.05) is 6.54 Å². The predicted octanol–water partition coefficient (Wildman–Crippen LogP) is 1.64. The minimum absolute atomic E-state index is 0.288. The molecule has 0 aliphatic rings. The van der Waals surface area contributed by atoms with Crippen molar-refractivity contribution in [1.29, 1.82) is 0 Å². The molecule has 1 aromatic carbocycles. The van der Waals surface area contributed by atoms with Crippen LogP contribution in [0.25, 0.3) is 0 Å². The Labute approximate surface area is 117 Å². The zero-order valence-corrected chi connectivity index (χ0v) is 11.1. The van der Waals surface area contributed by atoms with Crippen LogP contribution in [0.5, 0.6) is 0 Å². The average molecular weight is 302 g/mol. The van der Waals surface area contributed by atoms with Crippen molar-refractivity contribution < 1.29 is 9.32 Å². The second-order valence-corrected chi connectivity index (χ2v) is 4.49. The number of nitrogens with one attached hydrogen (secondary N) is 2. The second kappa shape index (κ2) is 5.90. The van der Waals surface area contributed by atoms with Crippen molar-refractivity contribution in [3.05, 3.63) is 50.2 Å². The van der Waals surface area contributed by atoms with Gasteiger partial charge in [0, 0.05) is 18.5 Å². The van der Waals surface area contributed by atoms with Gasteiger partial charge in [0.25, 0.3) is 5.91 Å². The van der Waals surface area contributed by atoms with Gasteiger partial charge in [0.1, 0.15) is 0 Å². The molecule has 0 radical (unpaired) electrons. The van der Waals surface area contributed by atoms with E-state index in [-0.39, 0.29) is 5.91 Å². The average Bonchev–Trinajstić information content (AvgIpc) is 2.78. The summed E-state index contributed by atoms with van der Waals surface area (Å²) in [6.07, 6.45) is 0.360. The molecule has 6 nitrogen and oxygen atoms in total. The van der Waals surface area contributed by atoms with Gasteiger partial charge in [-0.3, -0.25) is 14.3 Å². The number of H-pyrrole nitrogens is 1. The van der Waals surface area contributed by atoms with Crippen LogP contribution >= 0.6 is 23.2 Å². The molecule has 0 bridgehead atoms. The molecule has 0 saturated heterocycles. The molecule has 1 amide bonds. The van der Waals surface area contributed by atoms with Crippen molar-refractivity contribution in [2.45, 2.75) is 6.42 Å². The summed E-state index contributed by atoms with van der Waals surface area (Å²) in [6.45, 7) is 0.307. The number of amides is 1. The predicted molar refractivity (Wildman–Crippen MR) is 69.6 cm³/mol.